The molecule has 0 fully saturated rings. The number of halogens is 2. The summed E-state index contributed by atoms with van der Waals surface area (Å²) >= 11 is 11.8. The molecule has 1 aromatic carbocycles. The van der Waals surface area contributed by atoms with E-state index in [1.54, 1.807) is 29.1 Å². The van der Waals surface area contributed by atoms with E-state index in [1.165, 1.54) is 0 Å². The molecule has 3 nitrogen and oxygen atoms in total. The summed E-state index contributed by atoms with van der Waals surface area (Å²) in [6, 6.07) is 6.68. The second kappa shape index (κ2) is 4.90. The molecule has 5 heteroatoms. The van der Waals surface area contributed by atoms with Crippen molar-refractivity contribution in [1.82, 2.24) is 9.78 Å². The van der Waals surface area contributed by atoms with E-state index in [4.69, 9.17) is 23.2 Å². The molecular weight excluding hydrogens is 259 g/mol. The molecule has 0 saturated heterocycles. The summed E-state index contributed by atoms with van der Waals surface area (Å²) in [5.74, 6) is -0.111. The molecule has 2 aromatic rings. The molecular formula is C12H10Cl2N2O. The normalized spacial score (nSPS) is 10.5. The third-order valence-corrected chi connectivity index (χ3v) is 2.87. The Labute approximate surface area is 109 Å². The molecule has 0 unspecified atom stereocenters. The lowest BCUT2D eigenvalue weighted by Gasteiger charge is -2.04. The number of ketones is 1. The van der Waals surface area contributed by atoms with Gasteiger partial charge in [-0.15, -0.1) is 0 Å². The minimum Gasteiger partial charge on any atom is -0.292 e. The maximum Gasteiger partial charge on any atom is 0.185 e. The van der Waals surface area contributed by atoms with Gasteiger partial charge < -0.3 is 0 Å². The van der Waals surface area contributed by atoms with E-state index in [9.17, 15) is 4.79 Å². The average molecular weight is 269 g/mol. The Morgan fingerprint density at radius 3 is 2.76 bits per heavy atom. The minimum absolute atomic E-state index is 0.111. The maximum absolute atomic E-state index is 12.0. The van der Waals surface area contributed by atoms with Crippen molar-refractivity contribution in [3.8, 4) is 0 Å². The van der Waals surface area contributed by atoms with Crippen LogP contribution in [0.5, 0.6) is 0 Å². The summed E-state index contributed by atoms with van der Waals surface area (Å²) in [5.41, 5.74) is 1.29. The summed E-state index contributed by atoms with van der Waals surface area (Å²) in [4.78, 5) is 12.0. The first-order valence-electron chi connectivity index (χ1n) is 5.04. The lowest BCUT2D eigenvalue weighted by atomic mass is 10.1. The van der Waals surface area contributed by atoms with Crippen molar-refractivity contribution in [2.75, 3.05) is 0 Å². The van der Waals surface area contributed by atoms with Crippen LogP contribution in [0.3, 0.4) is 0 Å². The third-order valence-electron chi connectivity index (χ3n) is 2.31. The van der Waals surface area contributed by atoms with Gasteiger partial charge in [0.05, 0.1) is 10.7 Å². The molecule has 0 bridgehead atoms. The fourth-order valence-electron chi connectivity index (χ4n) is 1.49. The Kier molecular flexibility index (Phi) is 3.50. The molecule has 17 heavy (non-hydrogen) atoms. The quantitative estimate of drug-likeness (QED) is 0.800. The van der Waals surface area contributed by atoms with Crippen molar-refractivity contribution in [3.05, 3.63) is 51.8 Å². The van der Waals surface area contributed by atoms with E-state index < -0.39 is 0 Å². The van der Waals surface area contributed by atoms with Crippen molar-refractivity contribution in [2.45, 2.75) is 13.5 Å². The van der Waals surface area contributed by atoms with E-state index in [0.717, 1.165) is 5.69 Å². The summed E-state index contributed by atoms with van der Waals surface area (Å²) in [5, 5.41) is 5.05. The molecule has 0 atom stereocenters. The highest BCUT2D eigenvalue weighted by Gasteiger charge is 2.12. The number of aryl methyl sites for hydroxylation is 1. The van der Waals surface area contributed by atoms with Gasteiger partial charge >= 0.3 is 0 Å². The Balaban J connectivity index is 2.22. The summed E-state index contributed by atoms with van der Waals surface area (Å²) < 4.78 is 1.58. The number of carbonyl (C=O) groups excluding carboxylic acids is 1. The zero-order chi connectivity index (χ0) is 12.4. The molecule has 0 aliphatic heterocycles. The third kappa shape index (κ3) is 2.87. The first-order valence-corrected chi connectivity index (χ1v) is 5.80. The standard InChI is InChI=1S/C12H10Cl2N2O/c1-8-4-5-16(15-8)7-12(17)10-6-9(13)2-3-11(10)14/h2-6H,7H2,1H3. The number of benzene rings is 1. The molecule has 1 aromatic heterocycles. The molecule has 0 amide bonds. The van der Waals surface area contributed by atoms with Gasteiger partial charge in [-0.25, -0.2) is 0 Å². The highest BCUT2D eigenvalue weighted by atomic mass is 35.5. The number of hydrogen-bond donors (Lipinski definition) is 0. The average Bonchev–Trinajstić information content (AvgIpc) is 2.67. The van der Waals surface area contributed by atoms with Crippen LogP contribution in [0.4, 0.5) is 0 Å². The largest absolute Gasteiger partial charge is 0.292 e. The molecule has 0 saturated carbocycles. The molecule has 88 valence electrons. The molecule has 0 aliphatic rings. The van der Waals surface area contributed by atoms with Crippen LogP contribution in [-0.2, 0) is 6.54 Å². The van der Waals surface area contributed by atoms with Crippen molar-refractivity contribution in [2.24, 2.45) is 0 Å². The molecule has 0 aliphatic carbocycles. The fourth-order valence-corrected chi connectivity index (χ4v) is 1.89. The maximum atomic E-state index is 12.0. The Hall–Kier alpha value is -1.32. The van der Waals surface area contributed by atoms with Crippen molar-refractivity contribution in [3.63, 3.8) is 0 Å². The Bertz CT molecular complexity index is 563. The van der Waals surface area contributed by atoms with Crippen LogP contribution >= 0.6 is 23.2 Å². The number of Topliss-reactive ketones (excluding diaryl/α,β-unsaturated/α-hetero) is 1. The Morgan fingerprint density at radius 2 is 2.12 bits per heavy atom. The smallest absolute Gasteiger partial charge is 0.185 e. The first-order chi connectivity index (χ1) is 8.06. The molecule has 0 spiro atoms. The fraction of sp³-hybridized carbons (Fsp3) is 0.167. The topological polar surface area (TPSA) is 34.9 Å². The van der Waals surface area contributed by atoms with Crippen LogP contribution in [-0.4, -0.2) is 15.6 Å². The molecule has 2 rings (SSSR count). The minimum atomic E-state index is -0.111. The van der Waals surface area contributed by atoms with Gasteiger partial charge in [0, 0.05) is 16.8 Å². The van der Waals surface area contributed by atoms with E-state index in [0.29, 0.717) is 15.6 Å². The van der Waals surface area contributed by atoms with Crippen LogP contribution in [0.1, 0.15) is 16.1 Å². The number of hydrogen-bond acceptors (Lipinski definition) is 2. The first kappa shape index (κ1) is 12.1. The van der Waals surface area contributed by atoms with E-state index in [-0.39, 0.29) is 12.3 Å². The second-order valence-electron chi connectivity index (χ2n) is 3.70. The van der Waals surface area contributed by atoms with Crippen LogP contribution in [0.2, 0.25) is 10.0 Å². The number of nitrogens with zero attached hydrogens (tertiary/aromatic N) is 2. The lowest BCUT2D eigenvalue weighted by molar-refractivity contribution is 0.0968. The van der Waals surface area contributed by atoms with Crippen LogP contribution < -0.4 is 0 Å². The number of carbonyl (C=O) groups is 1. The zero-order valence-corrected chi connectivity index (χ0v) is 10.7. The molecule has 1 heterocycles. The number of aromatic nitrogens is 2. The molecule has 0 radical (unpaired) electrons. The SMILES string of the molecule is Cc1ccn(CC(=O)c2cc(Cl)ccc2Cl)n1. The summed E-state index contributed by atoms with van der Waals surface area (Å²) in [7, 11) is 0. The van der Waals surface area contributed by atoms with Crippen molar-refractivity contribution >= 4 is 29.0 Å². The van der Waals surface area contributed by atoms with Crippen LogP contribution in [0.25, 0.3) is 0 Å². The zero-order valence-electron chi connectivity index (χ0n) is 9.15. The number of rotatable bonds is 3. The second-order valence-corrected chi connectivity index (χ2v) is 4.55. The summed E-state index contributed by atoms with van der Waals surface area (Å²) in [6.07, 6.45) is 1.76. The van der Waals surface area contributed by atoms with Gasteiger partial charge in [-0.2, -0.15) is 5.10 Å². The van der Waals surface area contributed by atoms with Crippen molar-refractivity contribution in [1.29, 1.82) is 0 Å². The van der Waals surface area contributed by atoms with Crippen LogP contribution in [0.15, 0.2) is 30.5 Å². The van der Waals surface area contributed by atoms with E-state index in [2.05, 4.69) is 5.10 Å². The van der Waals surface area contributed by atoms with Crippen molar-refractivity contribution < 1.29 is 4.79 Å². The monoisotopic (exact) mass is 268 g/mol. The van der Waals surface area contributed by atoms with E-state index >= 15 is 0 Å². The molecule has 0 N–H and O–H groups in total. The van der Waals surface area contributed by atoms with Gasteiger partial charge in [0.2, 0.25) is 0 Å². The van der Waals surface area contributed by atoms with Gasteiger partial charge in [0.15, 0.2) is 5.78 Å². The predicted octanol–water partition coefficient (Wildman–Crippen LogP) is 3.38. The van der Waals surface area contributed by atoms with Gasteiger partial charge in [-0.05, 0) is 31.2 Å². The van der Waals surface area contributed by atoms with Gasteiger partial charge in [0.1, 0.15) is 6.54 Å². The highest BCUT2D eigenvalue weighted by Crippen LogP contribution is 2.21. The van der Waals surface area contributed by atoms with Gasteiger partial charge in [-0.1, -0.05) is 23.2 Å². The lowest BCUT2D eigenvalue weighted by Crippen LogP contribution is -2.11. The van der Waals surface area contributed by atoms with E-state index in [1.807, 2.05) is 13.0 Å². The predicted molar refractivity (Wildman–Crippen MR) is 67.8 cm³/mol. The Morgan fingerprint density at radius 1 is 1.35 bits per heavy atom. The highest BCUT2D eigenvalue weighted by molar-refractivity contribution is 6.35. The van der Waals surface area contributed by atoms with Gasteiger partial charge in [0.25, 0.3) is 0 Å². The van der Waals surface area contributed by atoms with Crippen LogP contribution in [0, 0.1) is 6.92 Å². The summed E-state index contributed by atoms with van der Waals surface area (Å²) in [6.45, 7) is 2.03. The van der Waals surface area contributed by atoms with Gasteiger partial charge in [-0.3, -0.25) is 9.48 Å².